The molecule has 3 rings (SSSR count). The minimum absolute atomic E-state index is 0.0521. The SMILES string of the molecule is COC(=O)C1CCN(Cc2cnc(C3CB(C#N)C3)c(C)c2C)CC1. The zero-order valence-corrected chi connectivity index (χ0v) is 15.4. The molecule has 2 aliphatic rings. The van der Waals surface area contributed by atoms with Crippen LogP contribution in [-0.2, 0) is 16.1 Å². The van der Waals surface area contributed by atoms with E-state index in [0.717, 1.165) is 45.1 Å². The Kier molecular flexibility index (Phi) is 5.43. The Morgan fingerprint density at radius 1 is 1.36 bits per heavy atom. The molecule has 0 atom stereocenters. The lowest BCUT2D eigenvalue weighted by Crippen LogP contribution is -2.36. The molecule has 0 N–H and O–H groups in total. The summed E-state index contributed by atoms with van der Waals surface area (Å²) in [6.45, 7) is 7.28. The van der Waals surface area contributed by atoms with Crippen molar-refractivity contribution < 1.29 is 9.53 Å². The van der Waals surface area contributed by atoms with Gasteiger partial charge in [0, 0.05) is 24.4 Å². The molecule has 2 saturated heterocycles. The van der Waals surface area contributed by atoms with E-state index < -0.39 is 0 Å². The highest BCUT2D eigenvalue weighted by Gasteiger charge is 2.36. The summed E-state index contributed by atoms with van der Waals surface area (Å²) in [5, 5.41) is 8.96. The number of hydrogen-bond donors (Lipinski definition) is 0. The predicted octanol–water partition coefficient (Wildman–Crippen LogP) is 2.74. The van der Waals surface area contributed by atoms with E-state index >= 15 is 0 Å². The lowest BCUT2D eigenvalue weighted by molar-refractivity contribution is -0.147. The van der Waals surface area contributed by atoms with Crippen molar-refractivity contribution in [2.75, 3.05) is 20.2 Å². The number of likely N-dealkylation sites (tertiary alicyclic amines) is 1. The lowest BCUT2D eigenvalue weighted by atomic mass is 9.32. The van der Waals surface area contributed by atoms with E-state index in [1.807, 2.05) is 6.20 Å². The van der Waals surface area contributed by atoms with Gasteiger partial charge in [-0.05, 0) is 62.4 Å². The van der Waals surface area contributed by atoms with E-state index in [2.05, 4.69) is 24.7 Å². The van der Waals surface area contributed by atoms with Crippen LogP contribution in [0.15, 0.2) is 6.20 Å². The number of carbonyl (C=O) groups excluding carboxylic acids is 1. The molecule has 0 bridgehead atoms. The van der Waals surface area contributed by atoms with Crippen molar-refractivity contribution in [3.05, 3.63) is 28.6 Å². The van der Waals surface area contributed by atoms with Crippen LogP contribution in [-0.4, -0.2) is 42.8 Å². The number of aromatic nitrogens is 1. The highest BCUT2D eigenvalue weighted by molar-refractivity contribution is 6.70. The van der Waals surface area contributed by atoms with Gasteiger partial charge in [0.15, 0.2) is 0 Å². The molecule has 0 saturated carbocycles. The molecule has 5 nitrogen and oxygen atoms in total. The molecule has 1 aromatic heterocycles. The molecule has 0 radical (unpaired) electrons. The normalized spacial score (nSPS) is 19.4. The first-order chi connectivity index (χ1) is 12.0. The Hall–Kier alpha value is -1.87. The number of carbonyl (C=O) groups is 1. The molecule has 25 heavy (non-hydrogen) atoms. The topological polar surface area (TPSA) is 66.2 Å². The molecule has 1 aromatic rings. The molecule has 3 heterocycles. The second-order valence-corrected chi connectivity index (χ2v) is 7.49. The summed E-state index contributed by atoms with van der Waals surface area (Å²) in [7, 11) is 1.47. The van der Waals surface area contributed by atoms with Gasteiger partial charge in [0.25, 0.3) is 6.71 Å². The number of nitrogens with zero attached hydrogens (tertiary/aromatic N) is 3. The number of ether oxygens (including phenoxy) is 1. The van der Waals surface area contributed by atoms with E-state index in [4.69, 9.17) is 15.0 Å². The van der Waals surface area contributed by atoms with Gasteiger partial charge in [-0.2, -0.15) is 0 Å². The summed E-state index contributed by atoms with van der Waals surface area (Å²) in [5.41, 5.74) is 5.05. The van der Waals surface area contributed by atoms with Gasteiger partial charge in [0.05, 0.1) is 13.0 Å². The van der Waals surface area contributed by atoms with Crippen LogP contribution in [0.3, 0.4) is 0 Å². The first-order valence-electron chi connectivity index (χ1n) is 9.18. The van der Waals surface area contributed by atoms with Crippen LogP contribution in [0, 0.1) is 31.0 Å². The van der Waals surface area contributed by atoms with Crippen molar-refractivity contribution in [2.24, 2.45) is 5.92 Å². The monoisotopic (exact) mass is 339 g/mol. The number of methoxy groups -OCH3 is 1. The fourth-order valence-electron chi connectivity index (χ4n) is 4.03. The summed E-state index contributed by atoms with van der Waals surface area (Å²) in [6.07, 6.45) is 5.65. The average Bonchev–Trinajstić information content (AvgIpc) is 2.60. The van der Waals surface area contributed by atoms with Crippen LogP contribution >= 0.6 is 0 Å². The molecular formula is C19H26BN3O2. The molecule has 0 unspecified atom stereocenters. The van der Waals surface area contributed by atoms with Crippen molar-refractivity contribution in [1.29, 1.82) is 5.26 Å². The maximum Gasteiger partial charge on any atom is 0.308 e. The smallest absolute Gasteiger partial charge is 0.308 e. The quantitative estimate of drug-likeness (QED) is 0.623. The third kappa shape index (κ3) is 3.72. The minimum Gasteiger partial charge on any atom is -0.469 e. The minimum atomic E-state index is -0.0751. The zero-order valence-electron chi connectivity index (χ0n) is 15.4. The first kappa shape index (κ1) is 17.9. The highest BCUT2D eigenvalue weighted by atomic mass is 16.5. The standard InChI is InChI=1S/C19H26BN3O2/c1-13-14(2)18(16-8-20(9-16)12-21)22-10-17(13)11-23-6-4-15(5-7-23)19(24)25-3/h10,15-16H,4-9,11H2,1-3H3. The summed E-state index contributed by atoms with van der Waals surface area (Å²) in [6, 6.07) is 0. The number of hydrogen-bond acceptors (Lipinski definition) is 5. The Bertz CT molecular complexity index is 687. The van der Waals surface area contributed by atoms with Gasteiger partial charge in [0.2, 0.25) is 0 Å². The molecule has 2 aliphatic heterocycles. The third-order valence-electron chi connectivity index (χ3n) is 6.01. The van der Waals surface area contributed by atoms with Crippen LogP contribution < -0.4 is 0 Å². The first-order valence-corrected chi connectivity index (χ1v) is 9.18. The maximum atomic E-state index is 11.6. The van der Waals surface area contributed by atoms with E-state index in [-0.39, 0.29) is 18.6 Å². The number of rotatable bonds is 4. The van der Waals surface area contributed by atoms with Crippen molar-refractivity contribution in [3.63, 3.8) is 0 Å². The summed E-state index contributed by atoms with van der Waals surface area (Å²) >= 11 is 0. The van der Waals surface area contributed by atoms with Gasteiger partial charge >= 0.3 is 5.97 Å². The fourth-order valence-corrected chi connectivity index (χ4v) is 4.03. The lowest BCUT2D eigenvalue weighted by Gasteiger charge is -2.32. The Balaban J connectivity index is 1.62. The van der Waals surface area contributed by atoms with Gasteiger partial charge in [-0.25, -0.2) is 5.26 Å². The van der Waals surface area contributed by atoms with E-state index in [1.165, 1.54) is 29.5 Å². The molecule has 0 aromatic carbocycles. The molecule has 0 amide bonds. The largest absolute Gasteiger partial charge is 0.469 e. The van der Waals surface area contributed by atoms with Crippen LogP contribution in [0.1, 0.15) is 41.1 Å². The highest BCUT2D eigenvalue weighted by Crippen LogP contribution is 2.39. The average molecular weight is 339 g/mol. The van der Waals surface area contributed by atoms with Gasteiger partial charge < -0.3 is 4.74 Å². The van der Waals surface area contributed by atoms with Crippen molar-refractivity contribution in [3.8, 4) is 5.97 Å². The number of nitriles is 1. The predicted molar refractivity (Wildman–Crippen MR) is 97.5 cm³/mol. The fraction of sp³-hybridized carbons (Fsp3) is 0.632. The van der Waals surface area contributed by atoms with Gasteiger partial charge in [-0.15, -0.1) is 0 Å². The number of piperidine rings is 1. The Morgan fingerprint density at radius 2 is 2.04 bits per heavy atom. The molecule has 132 valence electrons. The second kappa shape index (κ2) is 7.57. The summed E-state index contributed by atoms with van der Waals surface area (Å²) in [4.78, 5) is 18.8. The summed E-state index contributed by atoms with van der Waals surface area (Å²) in [5.74, 6) is 2.78. The zero-order chi connectivity index (χ0) is 18.0. The van der Waals surface area contributed by atoms with E-state index in [1.54, 1.807) is 0 Å². The third-order valence-corrected chi connectivity index (χ3v) is 6.01. The van der Waals surface area contributed by atoms with E-state index in [9.17, 15) is 4.79 Å². The molecule has 6 heteroatoms. The molecule has 0 spiro atoms. The molecule has 2 fully saturated rings. The van der Waals surface area contributed by atoms with E-state index in [0.29, 0.717) is 5.92 Å². The Morgan fingerprint density at radius 3 is 2.64 bits per heavy atom. The summed E-state index contributed by atoms with van der Waals surface area (Å²) < 4.78 is 4.86. The Labute approximate surface area is 150 Å². The van der Waals surface area contributed by atoms with Crippen LogP contribution in [0.2, 0.25) is 12.6 Å². The number of pyridine rings is 1. The van der Waals surface area contributed by atoms with Crippen molar-refractivity contribution in [1.82, 2.24) is 9.88 Å². The van der Waals surface area contributed by atoms with Gasteiger partial charge in [-0.1, -0.05) is 12.6 Å². The number of esters is 1. The van der Waals surface area contributed by atoms with Crippen molar-refractivity contribution in [2.45, 2.75) is 51.8 Å². The van der Waals surface area contributed by atoms with Crippen LogP contribution in [0.4, 0.5) is 0 Å². The second-order valence-electron chi connectivity index (χ2n) is 7.49. The molecular weight excluding hydrogens is 313 g/mol. The van der Waals surface area contributed by atoms with Gasteiger partial charge in [-0.3, -0.25) is 14.7 Å². The van der Waals surface area contributed by atoms with Crippen LogP contribution in [0.5, 0.6) is 0 Å². The molecule has 0 aliphatic carbocycles. The van der Waals surface area contributed by atoms with Crippen molar-refractivity contribution >= 4 is 12.7 Å². The maximum absolute atomic E-state index is 11.6. The van der Waals surface area contributed by atoms with Gasteiger partial charge in [0.1, 0.15) is 0 Å². The van der Waals surface area contributed by atoms with Crippen LogP contribution in [0.25, 0.3) is 0 Å².